The molecule has 0 amide bonds. The number of allylic oxidation sites excluding steroid dienone is 4. The second-order valence-corrected chi connectivity index (χ2v) is 6.94. The van der Waals surface area contributed by atoms with E-state index in [2.05, 4.69) is 55.5 Å². The average Bonchev–Trinajstić information content (AvgIpc) is 2.82. The van der Waals surface area contributed by atoms with Crippen molar-refractivity contribution in [3.8, 4) is 0 Å². The van der Waals surface area contributed by atoms with Gasteiger partial charge in [0.25, 0.3) is 0 Å². The molecule has 1 aromatic rings. The standard InChI is InChI=1S/C22H28O/c1-18-15-16-23-22(17-18)21-12-6-11-20(13-14-21)10-5-9-19-7-3-2-4-8-19/h2-4,7-8,14-18,20H,5-6,9-13H2,1H3. The molecule has 0 bridgehead atoms. The van der Waals surface area contributed by atoms with E-state index in [9.17, 15) is 0 Å². The highest BCUT2D eigenvalue weighted by Crippen LogP contribution is 2.31. The van der Waals surface area contributed by atoms with Gasteiger partial charge in [-0.3, -0.25) is 0 Å². The number of ether oxygens (including phenoxy) is 1. The quantitative estimate of drug-likeness (QED) is 0.630. The van der Waals surface area contributed by atoms with Crippen molar-refractivity contribution in [3.05, 3.63) is 71.7 Å². The predicted octanol–water partition coefficient (Wildman–Crippen LogP) is 6.19. The molecule has 1 nitrogen and oxygen atoms in total. The lowest BCUT2D eigenvalue weighted by molar-refractivity contribution is 0.341. The number of hydrogen-bond donors (Lipinski definition) is 0. The highest BCUT2D eigenvalue weighted by molar-refractivity contribution is 5.30. The fourth-order valence-electron chi connectivity index (χ4n) is 3.59. The molecule has 1 aliphatic heterocycles. The summed E-state index contributed by atoms with van der Waals surface area (Å²) in [5.74, 6) is 2.43. The molecule has 122 valence electrons. The van der Waals surface area contributed by atoms with E-state index in [0.717, 1.165) is 11.7 Å². The predicted molar refractivity (Wildman–Crippen MR) is 96.9 cm³/mol. The van der Waals surface area contributed by atoms with Crippen molar-refractivity contribution in [2.75, 3.05) is 0 Å². The molecule has 1 heteroatoms. The summed E-state index contributed by atoms with van der Waals surface area (Å²) in [6.07, 6.45) is 17.5. The summed E-state index contributed by atoms with van der Waals surface area (Å²) < 4.78 is 5.73. The minimum Gasteiger partial charge on any atom is -0.465 e. The fourth-order valence-corrected chi connectivity index (χ4v) is 3.59. The summed E-state index contributed by atoms with van der Waals surface area (Å²) in [6, 6.07) is 10.9. The normalized spacial score (nSPS) is 24.4. The van der Waals surface area contributed by atoms with Gasteiger partial charge in [0.05, 0.1) is 6.26 Å². The summed E-state index contributed by atoms with van der Waals surface area (Å²) in [5, 5.41) is 0. The lowest BCUT2D eigenvalue weighted by Gasteiger charge is -2.15. The van der Waals surface area contributed by atoms with Crippen LogP contribution in [-0.2, 0) is 11.2 Å². The summed E-state index contributed by atoms with van der Waals surface area (Å²) >= 11 is 0. The molecule has 0 saturated carbocycles. The molecule has 2 unspecified atom stereocenters. The number of rotatable bonds is 5. The van der Waals surface area contributed by atoms with Crippen LogP contribution in [0.15, 0.2) is 66.2 Å². The third-order valence-corrected chi connectivity index (χ3v) is 4.98. The molecular formula is C22H28O. The van der Waals surface area contributed by atoms with Crippen LogP contribution in [0.2, 0.25) is 0 Å². The Hall–Kier alpha value is -1.76. The molecule has 0 radical (unpaired) electrons. The lowest BCUT2D eigenvalue weighted by atomic mass is 9.93. The van der Waals surface area contributed by atoms with Crippen LogP contribution in [0.25, 0.3) is 0 Å². The van der Waals surface area contributed by atoms with Crippen LogP contribution in [0.4, 0.5) is 0 Å². The van der Waals surface area contributed by atoms with E-state index >= 15 is 0 Å². The molecule has 0 N–H and O–H groups in total. The van der Waals surface area contributed by atoms with Crippen molar-refractivity contribution in [2.24, 2.45) is 11.8 Å². The Balaban J connectivity index is 1.49. The topological polar surface area (TPSA) is 9.23 Å². The van der Waals surface area contributed by atoms with Gasteiger partial charge in [0, 0.05) is 0 Å². The first-order valence-electron chi connectivity index (χ1n) is 9.10. The van der Waals surface area contributed by atoms with E-state index in [0.29, 0.717) is 5.92 Å². The molecule has 0 saturated heterocycles. The monoisotopic (exact) mass is 308 g/mol. The maximum Gasteiger partial charge on any atom is 0.125 e. The Morgan fingerprint density at radius 2 is 2.04 bits per heavy atom. The minimum atomic E-state index is 0.490. The Bertz CT molecular complexity index is 579. The van der Waals surface area contributed by atoms with Gasteiger partial charge in [0.15, 0.2) is 0 Å². The van der Waals surface area contributed by atoms with Crippen molar-refractivity contribution < 1.29 is 4.74 Å². The van der Waals surface area contributed by atoms with Crippen LogP contribution >= 0.6 is 0 Å². The van der Waals surface area contributed by atoms with Crippen LogP contribution in [0.3, 0.4) is 0 Å². The van der Waals surface area contributed by atoms with Crippen molar-refractivity contribution in [1.29, 1.82) is 0 Å². The Labute approximate surface area is 140 Å². The van der Waals surface area contributed by atoms with Gasteiger partial charge in [-0.2, -0.15) is 0 Å². The lowest BCUT2D eigenvalue weighted by Crippen LogP contribution is -2.00. The van der Waals surface area contributed by atoms with Gasteiger partial charge in [0.2, 0.25) is 0 Å². The summed E-state index contributed by atoms with van der Waals surface area (Å²) in [6.45, 7) is 2.21. The summed E-state index contributed by atoms with van der Waals surface area (Å²) in [5.41, 5.74) is 2.89. The third-order valence-electron chi connectivity index (χ3n) is 4.98. The Kier molecular flexibility index (Phi) is 5.74. The van der Waals surface area contributed by atoms with E-state index in [1.54, 1.807) is 0 Å². The van der Waals surface area contributed by atoms with Crippen LogP contribution in [0.5, 0.6) is 0 Å². The molecule has 2 atom stereocenters. The first-order chi connectivity index (χ1) is 11.3. The molecule has 0 spiro atoms. The second kappa shape index (κ2) is 8.19. The largest absolute Gasteiger partial charge is 0.465 e. The molecule has 23 heavy (non-hydrogen) atoms. The van der Waals surface area contributed by atoms with Gasteiger partial charge in [-0.15, -0.1) is 0 Å². The first-order valence-corrected chi connectivity index (χ1v) is 9.10. The highest BCUT2D eigenvalue weighted by Gasteiger charge is 2.17. The molecule has 1 aromatic carbocycles. The molecular weight excluding hydrogens is 280 g/mol. The van der Waals surface area contributed by atoms with E-state index < -0.39 is 0 Å². The minimum absolute atomic E-state index is 0.490. The Morgan fingerprint density at radius 1 is 1.17 bits per heavy atom. The van der Waals surface area contributed by atoms with Crippen LogP contribution in [0.1, 0.15) is 51.0 Å². The Morgan fingerprint density at radius 3 is 2.87 bits per heavy atom. The van der Waals surface area contributed by atoms with Crippen molar-refractivity contribution in [1.82, 2.24) is 0 Å². The van der Waals surface area contributed by atoms with E-state index in [-0.39, 0.29) is 0 Å². The second-order valence-electron chi connectivity index (χ2n) is 6.94. The van der Waals surface area contributed by atoms with Crippen molar-refractivity contribution in [3.63, 3.8) is 0 Å². The number of aryl methyl sites for hydroxylation is 1. The van der Waals surface area contributed by atoms with Gasteiger partial charge >= 0.3 is 0 Å². The summed E-state index contributed by atoms with van der Waals surface area (Å²) in [7, 11) is 0. The molecule has 1 heterocycles. The van der Waals surface area contributed by atoms with Gasteiger partial charge in [-0.05, 0) is 80.1 Å². The first kappa shape index (κ1) is 16.1. The third kappa shape index (κ3) is 4.86. The molecule has 2 aliphatic rings. The highest BCUT2D eigenvalue weighted by atomic mass is 16.5. The van der Waals surface area contributed by atoms with Crippen LogP contribution in [0, 0.1) is 11.8 Å². The van der Waals surface area contributed by atoms with Crippen LogP contribution in [-0.4, -0.2) is 0 Å². The van der Waals surface area contributed by atoms with E-state index in [1.165, 1.54) is 56.1 Å². The summed E-state index contributed by atoms with van der Waals surface area (Å²) in [4.78, 5) is 0. The molecule has 0 fully saturated rings. The average molecular weight is 308 g/mol. The smallest absolute Gasteiger partial charge is 0.125 e. The zero-order chi connectivity index (χ0) is 15.9. The van der Waals surface area contributed by atoms with Gasteiger partial charge in [-0.1, -0.05) is 43.3 Å². The van der Waals surface area contributed by atoms with Crippen molar-refractivity contribution >= 4 is 0 Å². The molecule has 1 aliphatic carbocycles. The van der Waals surface area contributed by atoms with Crippen molar-refractivity contribution in [2.45, 2.75) is 51.9 Å². The number of benzene rings is 1. The fraction of sp³-hybridized carbons (Fsp3) is 0.455. The zero-order valence-electron chi connectivity index (χ0n) is 14.2. The van der Waals surface area contributed by atoms with Gasteiger partial charge in [-0.25, -0.2) is 0 Å². The van der Waals surface area contributed by atoms with E-state index in [4.69, 9.17) is 4.74 Å². The molecule has 3 rings (SSSR count). The maximum atomic E-state index is 5.73. The maximum absolute atomic E-state index is 5.73. The van der Waals surface area contributed by atoms with Crippen LogP contribution < -0.4 is 0 Å². The molecule has 0 aromatic heterocycles. The zero-order valence-corrected chi connectivity index (χ0v) is 14.2. The SMILES string of the molecule is CC1C=COC(C2=CCC(CCCc3ccccc3)CCC2)=C1. The number of hydrogen-bond acceptors (Lipinski definition) is 1. The van der Waals surface area contributed by atoms with Gasteiger partial charge in [0.1, 0.15) is 5.76 Å². The van der Waals surface area contributed by atoms with Gasteiger partial charge < -0.3 is 4.74 Å². The van der Waals surface area contributed by atoms with E-state index in [1.807, 2.05) is 6.26 Å².